The number of carbonyl (C=O) groups excluding carboxylic acids is 1. The SMILES string of the molecule is COC[C@@H](C)NC(=O)c1c[nH]c2ncc(N)nc12. The summed E-state index contributed by atoms with van der Waals surface area (Å²) in [6, 6.07) is -0.0820. The first-order valence-electron chi connectivity index (χ1n) is 5.51. The molecule has 0 unspecified atom stereocenters. The molecule has 2 rings (SSSR count). The van der Waals surface area contributed by atoms with E-state index in [0.29, 0.717) is 23.3 Å². The molecule has 4 N–H and O–H groups in total. The van der Waals surface area contributed by atoms with Crippen molar-refractivity contribution in [3.63, 3.8) is 0 Å². The van der Waals surface area contributed by atoms with Crippen molar-refractivity contribution in [3.05, 3.63) is 18.0 Å². The Morgan fingerprint density at radius 3 is 3.17 bits per heavy atom. The highest BCUT2D eigenvalue weighted by Crippen LogP contribution is 2.14. The third-order valence-electron chi connectivity index (χ3n) is 2.44. The number of rotatable bonds is 4. The van der Waals surface area contributed by atoms with Gasteiger partial charge in [-0.2, -0.15) is 0 Å². The third kappa shape index (κ3) is 2.40. The number of H-pyrrole nitrogens is 1. The number of nitrogen functional groups attached to an aromatic ring is 1. The molecule has 7 nitrogen and oxygen atoms in total. The Morgan fingerprint density at radius 2 is 2.44 bits per heavy atom. The quantitative estimate of drug-likeness (QED) is 0.722. The molecule has 0 saturated carbocycles. The van der Waals surface area contributed by atoms with Crippen molar-refractivity contribution < 1.29 is 9.53 Å². The van der Waals surface area contributed by atoms with E-state index >= 15 is 0 Å². The number of aromatic amines is 1. The summed E-state index contributed by atoms with van der Waals surface area (Å²) in [6.45, 7) is 2.30. The molecule has 0 bridgehead atoms. The maximum atomic E-state index is 12.0. The molecule has 7 heteroatoms. The number of ether oxygens (including phenoxy) is 1. The van der Waals surface area contributed by atoms with E-state index in [1.54, 1.807) is 13.3 Å². The molecule has 0 aromatic carbocycles. The van der Waals surface area contributed by atoms with Crippen molar-refractivity contribution in [2.24, 2.45) is 0 Å². The van der Waals surface area contributed by atoms with Crippen molar-refractivity contribution in [2.45, 2.75) is 13.0 Å². The zero-order valence-electron chi connectivity index (χ0n) is 10.2. The summed E-state index contributed by atoms with van der Waals surface area (Å²) in [6.07, 6.45) is 3.01. The van der Waals surface area contributed by atoms with E-state index in [0.717, 1.165) is 0 Å². The van der Waals surface area contributed by atoms with E-state index in [-0.39, 0.29) is 17.8 Å². The average Bonchev–Trinajstić information content (AvgIpc) is 2.71. The van der Waals surface area contributed by atoms with Crippen LogP contribution in [0.3, 0.4) is 0 Å². The van der Waals surface area contributed by atoms with Crippen LogP contribution in [0.25, 0.3) is 11.2 Å². The molecule has 0 aliphatic heterocycles. The Morgan fingerprint density at radius 1 is 1.67 bits per heavy atom. The van der Waals surface area contributed by atoms with E-state index in [2.05, 4.69) is 20.3 Å². The standard InChI is InChI=1S/C11H15N5O2/c1-6(5-18-2)15-11(17)7-3-13-10-9(7)16-8(12)4-14-10/h3-4,6H,5H2,1-2H3,(H2,12,16)(H,13,14)(H,15,17)/t6-/m1/s1. The lowest BCUT2D eigenvalue weighted by atomic mass is 10.2. The van der Waals surface area contributed by atoms with Gasteiger partial charge in [-0.15, -0.1) is 0 Å². The maximum absolute atomic E-state index is 12.0. The van der Waals surface area contributed by atoms with Crippen LogP contribution in [-0.4, -0.2) is 40.6 Å². The van der Waals surface area contributed by atoms with E-state index in [1.807, 2.05) is 6.92 Å². The largest absolute Gasteiger partial charge is 0.383 e. The van der Waals surface area contributed by atoms with Crippen molar-refractivity contribution in [2.75, 3.05) is 19.5 Å². The van der Waals surface area contributed by atoms with Gasteiger partial charge in [0.1, 0.15) is 11.3 Å². The second kappa shape index (κ2) is 5.01. The number of carbonyl (C=O) groups is 1. The second-order valence-electron chi connectivity index (χ2n) is 4.02. The number of nitrogens with two attached hydrogens (primary N) is 1. The first-order valence-corrected chi connectivity index (χ1v) is 5.51. The van der Waals surface area contributed by atoms with Gasteiger partial charge in [-0.05, 0) is 6.92 Å². The molecule has 96 valence electrons. The predicted molar refractivity (Wildman–Crippen MR) is 67.1 cm³/mol. The minimum Gasteiger partial charge on any atom is -0.383 e. The second-order valence-corrected chi connectivity index (χ2v) is 4.02. The van der Waals surface area contributed by atoms with Crippen molar-refractivity contribution in [1.29, 1.82) is 0 Å². The van der Waals surface area contributed by atoms with Crippen molar-refractivity contribution in [1.82, 2.24) is 20.3 Å². The Labute approximate surface area is 104 Å². The lowest BCUT2D eigenvalue weighted by molar-refractivity contribution is 0.0907. The normalized spacial score (nSPS) is 12.6. The Hall–Kier alpha value is -2.15. The van der Waals surface area contributed by atoms with Gasteiger partial charge in [0.25, 0.3) is 5.91 Å². The van der Waals surface area contributed by atoms with Crippen molar-refractivity contribution in [3.8, 4) is 0 Å². The van der Waals surface area contributed by atoms with Crippen LogP contribution in [-0.2, 0) is 4.74 Å². The number of aromatic nitrogens is 3. The Kier molecular flexibility index (Phi) is 3.42. The fourth-order valence-electron chi connectivity index (χ4n) is 1.67. The Balaban J connectivity index is 2.25. The lowest BCUT2D eigenvalue weighted by Crippen LogP contribution is -2.35. The molecule has 0 aliphatic carbocycles. The van der Waals surface area contributed by atoms with Crippen LogP contribution in [0, 0.1) is 0 Å². The molecule has 0 aliphatic rings. The van der Waals surface area contributed by atoms with E-state index in [4.69, 9.17) is 10.5 Å². The van der Waals surface area contributed by atoms with Crippen molar-refractivity contribution >= 4 is 22.9 Å². The number of hydrogen-bond acceptors (Lipinski definition) is 5. The summed E-state index contributed by atoms with van der Waals surface area (Å²) in [5, 5.41) is 2.80. The Bertz CT molecular complexity index is 566. The molecule has 1 atom stereocenters. The molecule has 0 saturated heterocycles. The summed E-state index contributed by atoms with van der Waals surface area (Å²) in [7, 11) is 1.58. The van der Waals surface area contributed by atoms with Gasteiger partial charge in [-0.1, -0.05) is 0 Å². The minimum absolute atomic E-state index is 0.0820. The van der Waals surface area contributed by atoms with E-state index in [1.165, 1.54) is 6.20 Å². The average molecular weight is 249 g/mol. The van der Waals surface area contributed by atoms with Crippen LogP contribution in [0.2, 0.25) is 0 Å². The summed E-state index contributed by atoms with van der Waals surface area (Å²) >= 11 is 0. The topological polar surface area (TPSA) is 106 Å². The fraction of sp³-hybridized carbons (Fsp3) is 0.364. The predicted octanol–water partition coefficient (Wildman–Crippen LogP) is 0.305. The number of methoxy groups -OCH3 is 1. The van der Waals surface area contributed by atoms with Crippen LogP contribution in [0.1, 0.15) is 17.3 Å². The van der Waals surface area contributed by atoms with Crippen LogP contribution in [0.4, 0.5) is 5.82 Å². The lowest BCUT2D eigenvalue weighted by Gasteiger charge is -2.11. The van der Waals surface area contributed by atoms with Crippen LogP contribution >= 0.6 is 0 Å². The number of fused-ring (bicyclic) bond motifs is 1. The van der Waals surface area contributed by atoms with Gasteiger partial charge in [-0.25, -0.2) is 9.97 Å². The maximum Gasteiger partial charge on any atom is 0.255 e. The number of hydrogen-bond donors (Lipinski definition) is 3. The third-order valence-corrected chi connectivity index (χ3v) is 2.44. The van der Waals surface area contributed by atoms with E-state index < -0.39 is 0 Å². The summed E-state index contributed by atoms with van der Waals surface area (Å²) in [5.74, 6) is 0.0480. The number of nitrogens with zero attached hydrogens (tertiary/aromatic N) is 2. The highest BCUT2D eigenvalue weighted by molar-refractivity contribution is 6.04. The number of anilines is 1. The number of nitrogens with one attached hydrogen (secondary N) is 2. The van der Waals surface area contributed by atoms with Gasteiger partial charge in [0.15, 0.2) is 5.65 Å². The highest BCUT2D eigenvalue weighted by Gasteiger charge is 2.16. The molecule has 1 amide bonds. The van der Waals surface area contributed by atoms with Gasteiger partial charge in [0.05, 0.1) is 18.4 Å². The van der Waals surface area contributed by atoms with Gasteiger partial charge in [-0.3, -0.25) is 4.79 Å². The minimum atomic E-state index is -0.231. The fourth-order valence-corrected chi connectivity index (χ4v) is 1.67. The highest BCUT2D eigenvalue weighted by atomic mass is 16.5. The molecular formula is C11H15N5O2. The zero-order chi connectivity index (χ0) is 13.1. The van der Waals surface area contributed by atoms with E-state index in [9.17, 15) is 4.79 Å². The summed E-state index contributed by atoms with van der Waals surface area (Å²) < 4.78 is 4.96. The van der Waals surface area contributed by atoms with Crippen LogP contribution < -0.4 is 11.1 Å². The number of amides is 1. The molecule has 18 heavy (non-hydrogen) atoms. The summed E-state index contributed by atoms with van der Waals surface area (Å²) in [4.78, 5) is 23.1. The first-order chi connectivity index (χ1) is 8.61. The molecule has 2 heterocycles. The molecule has 2 aromatic heterocycles. The molecule has 2 aromatic rings. The van der Waals surface area contributed by atoms with Gasteiger partial charge in [0.2, 0.25) is 0 Å². The zero-order valence-corrected chi connectivity index (χ0v) is 10.2. The van der Waals surface area contributed by atoms with Gasteiger partial charge < -0.3 is 20.8 Å². The monoisotopic (exact) mass is 249 g/mol. The summed E-state index contributed by atoms with van der Waals surface area (Å²) in [5.41, 5.74) is 6.99. The van der Waals surface area contributed by atoms with Gasteiger partial charge >= 0.3 is 0 Å². The smallest absolute Gasteiger partial charge is 0.255 e. The molecule has 0 fully saturated rings. The molecule has 0 spiro atoms. The van der Waals surface area contributed by atoms with Crippen LogP contribution in [0.5, 0.6) is 0 Å². The first kappa shape index (κ1) is 12.3. The molecular weight excluding hydrogens is 234 g/mol. The van der Waals surface area contributed by atoms with Gasteiger partial charge in [0, 0.05) is 19.3 Å². The molecule has 0 radical (unpaired) electrons. The van der Waals surface area contributed by atoms with Crippen LogP contribution in [0.15, 0.2) is 12.4 Å².